The van der Waals surface area contributed by atoms with Gasteiger partial charge in [-0.15, -0.1) is 0 Å². The van der Waals surface area contributed by atoms with Gasteiger partial charge >= 0.3 is 0 Å². The zero-order valence-corrected chi connectivity index (χ0v) is 11.0. The molecule has 0 aromatic rings. The number of rotatable bonds is 0. The van der Waals surface area contributed by atoms with Crippen LogP contribution in [-0.2, 0) is 4.74 Å². The number of epoxide rings is 1. The summed E-state index contributed by atoms with van der Waals surface area (Å²) in [6, 6.07) is 0. The van der Waals surface area contributed by atoms with Gasteiger partial charge in [-0.05, 0) is 55.8 Å². The van der Waals surface area contributed by atoms with Gasteiger partial charge in [-0.2, -0.15) is 0 Å². The lowest BCUT2D eigenvalue weighted by atomic mass is 9.50. The zero-order chi connectivity index (χ0) is 11.3. The highest BCUT2D eigenvalue weighted by atomic mass is 16.6. The minimum Gasteiger partial charge on any atom is -0.365 e. The maximum absolute atomic E-state index is 6.17. The predicted molar refractivity (Wildman–Crippen MR) is 64.1 cm³/mol. The van der Waals surface area contributed by atoms with Crippen molar-refractivity contribution in [2.45, 2.75) is 65.1 Å². The van der Waals surface area contributed by atoms with Gasteiger partial charge in [0.05, 0.1) is 11.7 Å². The third-order valence-corrected chi connectivity index (χ3v) is 7.43. The Labute approximate surface area is 98.9 Å². The Morgan fingerprint density at radius 3 is 2.62 bits per heavy atom. The Bertz CT molecular complexity index is 360. The van der Waals surface area contributed by atoms with Crippen molar-refractivity contribution in [3.8, 4) is 0 Å². The van der Waals surface area contributed by atoms with Gasteiger partial charge < -0.3 is 4.74 Å². The van der Waals surface area contributed by atoms with Crippen molar-refractivity contribution < 1.29 is 4.74 Å². The largest absolute Gasteiger partial charge is 0.365 e. The van der Waals surface area contributed by atoms with Crippen molar-refractivity contribution in [2.24, 2.45) is 28.6 Å². The highest BCUT2D eigenvalue weighted by molar-refractivity contribution is 5.27. The molecule has 4 fully saturated rings. The first-order valence-corrected chi connectivity index (χ1v) is 7.11. The van der Waals surface area contributed by atoms with E-state index in [4.69, 9.17) is 4.74 Å². The molecule has 0 radical (unpaired) electrons. The third kappa shape index (κ3) is 0.723. The molecule has 6 atom stereocenters. The molecule has 16 heavy (non-hydrogen) atoms. The molecule has 0 aromatic heterocycles. The van der Waals surface area contributed by atoms with Crippen LogP contribution in [0.2, 0.25) is 0 Å². The van der Waals surface area contributed by atoms with Crippen LogP contribution in [0, 0.1) is 28.6 Å². The van der Waals surface area contributed by atoms with Crippen LogP contribution < -0.4 is 0 Å². The molecule has 2 bridgehead atoms. The molecule has 0 aromatic carbocycles. The summed E-state index contributed by atoms with van der Waals surface area (Å²) in [4.78, 5) is 0. The molecule has 1 heterocycles. The van der Waals surface area contributed by atoms with E-state index in [0.29, 0.717) is 16.9 Å². The number of hydrogen-bond donors (Lipinski definition) is 0. The van der Waals surface area contributed by atoms with Gasteiger partial charge in [-0.25, -0.2) is 0 Å². The van der Waals surface area contributed by atoms with Crippen LogP contribution in [0.25, 0.3) is 0 Å². The Hall–Kier alpha value is -0.0400. The van der Waals surface area contributed by atoms with Crippen molar-refractivity contribution in [2.75, 3.05) is 0 Å². The minimum absolute atomic E-state index is 0.212. The molecule has 4 aliphatic rings. The Kier molecular flexibility index (Phi) is 1.48. The lowest BCUT2D eigenvalue weighted by Gasteiger charge is -2.53. The van der Waals surface area contributed by atoms with Crippen LogP contribution in [0.3, 0.4) is 0 Å². The Balaban J connectivity index is 1.90. The molecule has 3 saturated carbocycles. The van der Waals surface area contributed by atoms with Gasteiger partial charge in [0.25, 0.3) is 0 Å². The fourth-order valence-electron chi connectivity index (χ4n) is 6.30. The standard InChI is InChI=1S/C15H24O/c1-9-5-6-11-7-10-8-15(9,11)13(2,3)14(4)12(10)16-14/h9-12H,5-8H2,1-4H3. The second-order valence-electron chi connectivity index (χ2n) is 7.69. The highest BCUT2D eigenvalue weighted by Gasteiger charge is 2.79. The summed E-state index contributed by atoms with van der Waals surface area (Å²) in [6.45, 7) is 9.90. The molecule has 6 unspecified atom stereocenters. The van der Waals surface area contributed by atoms with E-state index in [1.807, 2.05) is 0 Å². The number of ether oxygens (including phenoxy) is 1. The van der Waals surface area contributed by atoms with Gasteiger partial charge in [0, 0.05) is 5.41 Å². The van der Waals surface area contributed by atoms with Crippen molar-refractivity contribution >= 4 is 0 Å². The first kappa shape index (κ1) is 9.94. The molecule has 3 aliphatic carbocycles. The molecule has 1 nitrogen and oxygen atoms in total. The molecular weight excluding hydrogens is 196 g/mol. The second-order valence-corrected chi connectivity index (χ2v) is 7.69. The van der Waals surface area contributed by atoms with Crippen molar-refractivity contribution in [3.05, 3.63) is 0 Å². The first-order chi connectivity index (χ1) is 7.43. The lowest BCUT2D eigenvalue weighted by Crippen LogP contribution is -2.53. The van der Waals surface area contributed by atoms with Gasteiger partial charge in [0.2, 0.25) is 0 Å². The normalized spacial score (nSPS) is 65.2. The van der Waals surface area contributed by atoms with E-state index in [2.05, 4.69) is 27.7 Å². The summed E-state index contributed by atoms with van der Waals surface area (Å²) in [5, 5.41) is 0. The predicted octanol–water partition coefficient (Wildman–Crippen LogP) is 3.63. The molecule has 1 heteroatoms. The van der Waals surface area contributed by atoms with Crippen molar-refractivity contribution in [1.82, 2.24) is 0 Å². The van der Waals surface area contributed by atoms with Gasteiger partial charge in [0.1, 0.15) is 0 Å². The summed E-state index contributed by atoms with van der Waals surface area (Å²) >= 11 is 0. The van der Waals surface area contributed by atoms with E-state index < -0.39 is 0 Å². The summed E-state index contributed by atoms with van der Waals surface area (Å²) in [6.07, 6.45) is 6.48. The maximum atomic E-state index is 6.17. The van der Waals surface area contributed by atoms with Crippen LogP contribution in [0.15, 0.2) is 0 Å². The van der Waals surface area contributed by atoms with E-state index in [-0.39, 0.29) is 5.60 Å². The number of fused-ring (bicyclic) bond motifs is 3. The maximum Gasteiger partial charge on any atom is 0.0979 e. The fraction of sp³-hybridized carbons (Fsp3) is 1.00. The smallest absolute Gasteiger partial charge is 0.0979 e. The van der Waals surface area contributed by atoms with E-state index in [9.17, 15) is 0 Å². The topological polar surface area (TPSA) is 12.5 Å². The van der Waals surface area contributed by atoms with Crippen LogP contribution in [0.4, 0.5) is 0 Å². The second kappa shape index (κ2) is 2.39. The number of hydrogen-bond acceptors (Lipinski definition) is 1. The SMILES string of the molecule is CC1CCC2CC3CC12C(C)(C)C1(C)OC31. The van der Waals surface area contributed by atoms with Gasteiger partial charge in [-0.1, -0.05) is 20.8 Å². The Morgan fingerprint density at radius 1 is 1.12 bits per heavy atom. The minimum atomic E-state index is 0.212. The quantitative estimate of drug-likeness (QED) is 0.568. The Morgan fingerprint density at radius 2 is 1.88 bits per heavy atom. The van der Waals surface area contributed by atoms with Crippen LogP contribution in [0.1, 0.15) is 53.4 Å². The van der Waals surface area contributed by atoms with Crippen LogP contribution in [0.5, 0.6) is 0 Å². The van der Waals surface area contributed by atoms with E-state index in [1.54, 1.807) is 0 Å². The molecule has 0 N–H and O–H groups in total. The van der Waals surface area contributed by atoms with E-state index >= 15 is 0 Å². The summed E-state index contributed by atoms with van der Waals surface area (Å²) in [7, 11) is 0. The summed E-state index contributed by atoms with van der Waals surface area (Å²) < 4.78 is 6.17. The summed E-state index contributed by atoms with van der Waals surface area (Å²) in [5.74, 6) is 2.82. The average Bonchev–Trinajstić information content (AvgIpc) is 2.69. The molecule has 1 spiro atoms. The fourth-order valence-corrected chi connectivity index (χ4v) is 6.30. The molecule has 90 valence electrons. The molecule has 4 rings (SSSR count). The lowest BCUT2D eigenvalue weighted by molar-refractivity contribution is -0.0550. The van der Waals surface area contributed by atoms with E-state index in [0.717, 1.165) is 17.8 Å². The molecular formula is C15H24O. The first-order valence-electron chi connectivity index (χ1n) is 7.11. The highest BCUT2D eigenvalue weighted by Crippen LogP contribution is 2.78. The summed E-state index contributed by atoms with van der Waals surface area (Å²) in [5.41, 5.74) is 1.21. The van der Waals surface area contributed by atoms with Crippen molar-refractivity contribution in [1.29, 1.82) is 0 Å². The monoisotopic (exact) mass is 220 g/mol. The third-order valence-electron chi connectivity index (χ3n) is 7.43. The molecule has 1 saturated heterocycles. The van der Waals surface area contributed by atoms with Crippen LogP contribution >= 0.6 is 0 Å². The van der Waals surface area contributed by atoms with E-state index in [1.165, 1.54) is 25.7 Å². The van der Waals surface area contributed by atoms with Crippen LogP contribution in [-0.4, -0.2) is 11.7 Å². The molecule has 0 amide bonds. The average molecular weight is 220 g/mol. The van der Waals surface area contributed by atoms with Crippen molar-refractivity contribution in [3.63, 3.8) is 0 Å². The van der Waals surface area contributed by atoms with Gasteiger partial charge in [-0.3, -0.25) is 0 Å². The van der Waals surface area contributed by atoms with Gasteiger partial charge in [0.15, 0.2) is 0 Å². The zero-order valence-electron chi connectivity index (χ0n) is 11.0. The molecule has 1 aliphatic heterocycles.